The van der Waals surface area contributed by atoms with Crippen LogP contribution in [0.2, 0.25) is 0 Å². The molecule has 3 saturated heterocycles. The summed E-state index contributed by atoms with van der Waals surface area (Å²) >= 11 is 0. The highest BCUT2D eigenvalue weighted by Crippen LogP contribution is 2.25. The third-order valence-electron chi connectivity index (χ3n) is 6.42. The number of carbonyl (C=O) groups excluding carboxylic acids is 2. The van der Waals surface area contributed by atoms with Crippen LogP contribution >= 0.6 is 24.8 Å². The largest absolute Gasteiger partial charge is 0.356 e. The number of nitrogens with zero attached hydrogens (tertiary/aromatic N) is 3. The van der Waals surface area contributed by atoms with Crippen LogP contribution in [0.25, 0.3) is 0 Å². The maximum atomic E-state index is 13.3. The molecule has 7 nitrogen and oxygen atoms in total. The molecule has 2 N–H and O–H groups in total. The van der Waals surface area contributed by atoms with Gasteiger partial charge >= 0.3 is 0 Å². The number of amides is 2. The molecule has 3 aliphatic heterocycles. The molecule has 2 atom stereocenters. The number of piperidine rings is 2. The smallest absolute Gasteiger partial charge is 0.257 e. The van der Waals surface area contributed by atoms with Crippen LogP contribution < -0.4 is 15.5 Å². The standard InChI is InChI=1S/C22H33N5O2.2ClH/c28-21(19-9-5-10-23-19)25-15-17-7-6-14-27(16-17)22(29)18-8-4-11-24-20(18)26-12-2-1-3-13-26;;/h4,8,11,17,19,23H,1-3,5-7,9-10,12-16H2,(H,25,28);2*1H. The highest BCUT2D eigenvalue weighted by Gasteiger charge is 2.29. The van der Waals surface area contributed by atoms with Gasteiger partial charge in [-0.1, -0.05) is 0 Å². The number of nitrogens with one attached hydrogen (secondary N) is 2. The highest BCUT2D eigenvalue weighted by atomic mass is 35.5. The number of likely N-dealkylation sites (tertiary alicyclic amines) is 1. The molecule has 9 heteroatoms. The van der Waals surface area contributed by atoms with Crippen LogP contribution in [-0.4, -0.2) is 67.0 Å². The van der Waals surface area contributed by atoms with E-state index in [1.807, 2.05) is 17.0 Å². The van der Waals surface area contributed by atoms with Gasteiger partial charge in [0.15, 0.2) is 0 Å². The average Bonchev–Trinajstić information content (AvgIpc) is 3.33. The van der Waals surface area contributed by atoms with Crippen molar-refractivity contribution in [2.24, 2.45) is 5.92 Å². The van der Waals surface area contributed by atoms with Crippen molar-refractivity contribution in [2.75, 3.05) is 44.2 Å². The molecule has 0 saturated carbocycles. The van der Waals surface area contributed by atoms with E-state index in [1.165, 1.54) is 6.42 Å². The van der Waals surface area contributed by atoms with E-state index < -0.39 is 0 Å². The molecule has 0 aliphatic carbocycles. The van der Waals surface area contributed by atoms with Crippen LogP contribution in [0.15, 0.2) is 18.3 Å². The Morgan fingerprint density at radius 1 is 1.06 bits per heavy atom. The van der Waals surface area contributed by atoms with Crippen molar-refractivity contribution >= 4 is 42.4 Å². The first-order valence-electron chi connectivity index (χ1n) is 11.2. The first kappa shape index (κ1) is 25.7. The normalized spacial score (nSPS) is 23.5. The van der Waals surface area contributed by atoms with E-state index in [0.717, 1.165) is 70.5 Å². The molecule has 4 rings (SSSR count). The molecule has 31 heavy (non-hydrogen) atoms. The number of rotatable bonds is 5. The van der Waals surface area contributed by atoms with Gasteiger partial charge in [-0.15, -0.1) is 24.8 Å². The lowest BCUT2D eigenvalue weighted by Gasteiger charge is -2.34. The molecule has 0 spiro atoms. The minimum absolute atomic E-state index is 0. The number of carbonyl (C=O) groups is 2. The summed E-state index contributed by atoms with van der Waals surface area (Å²) in [6, 6.07) is 3.73. The van der Waals surface area contributed by atoms with E-state index in [-0.39, 0.29) is 42.7 Å². The lowest BCUT2D eigenvalue weighted by molar-refractivity contribution is -0.123. The van der Waals surface area contributed by atoms with Crippen molar-refractivity contribution in [3.63, 3.8) is 0 Å². The zero-order valence-electron chi connectivity index (χ0n) is 18.1. The van der Waals surface area contributed by atoms with Gasteiger partial charge in [0.25, 0.3) is 5.91 Å². The van der Waals surface area contributed by atoms with Gasteiger partial charge in [0, 0.05) is 38.9 Å². The van der Waals surface area contributed by atoms with Gasteiger partial charge < -0.3 is 20.4 Å². The lowest BCUT2D eigenvalue weighted by atomic mass is 9.97. The summed E-state index contributed by atoms with van der Waals surface area (Å²) in [7, 11) is 0. The van der Waals surface area contributed by atoms with Crippen LogP contribution in [-0.2, 0) is 4.79 Å². The summed E-state index contributed by atoms with van der Waals surface area (Å²) in [6.45, 7) is 5.00. The Bertz CT molecular complexity index is 724. The van der Waals surface area contributed by atoms with Crippen molar-refractivity contribution in [1.82, 2.24) is 20.5 Å². The fraction of sp³-hybridized carbons (Fsp3) is 0.682. The molecule has 0 aromatic carbocycles. The molecule has 0 bridgehead atoms. The Morgan fingerprint density at radius 3 is 2.61 bits per heavy atom. The van der Waals surface area contributed by atoms with Crippen molar-refractivity contribution in [3.05, 3.63) is 23.9 Å². The first-order valence-corrected chi connectivity index (χ1v) is 11.2. The quantitative estimate of drug-likeness (QED) is 0.689. The van der Waals surface area contributed by atoms with Crippen LogP contribution in [0.4, 0.5) is 5.82 Å². The molecular weight excluding hydrogens is 437 g/mol. The zero-order valence-corrected chi connectivity index (χ0v) is 19.7. The number of anilines is 1. The summed E-state index contributed by atoms with van der Waals surface area (Å²) in [4.78, 5) is 34.4. The molecular formula is C22H35Cl2N5O2. The second-order valence-electron chi connectivity index (χ2n) is 8.58. The Hall–Kier alpha value is -1.57. The topological polar surface area (TPSA) is 77.6 Å². The monoisotopic (exact) mass is 471 g/mol. The molecule has 1 aromatic heterocycles. The van der Waals surface area contributed by atoms with E-state index in [9.17, 15) is 9.59 Å². The van der Waals surface area contributed by atoms with Crippen LogP contribution in [0.5, 0.6) is 0 Å². The van der Waals surface area contributed by atoms with Gasteiger partial charge in [-0.2, -0.15) is 0 Å². The van der Waals surface area contributed by atoms with Crippen molar-refractivity contribution in [1.29, 1.82) is 0 Å². The van der Waals surface area contributed by atoms with Gasteiger partial charge in [0.1, 0.15) is 5.82 Å². The van der Waals surface area contributed by atoms with Crippen LogP contribution in [0, 0.1) is 5.92 Å². The predicted octanol–water partition coefficient (Wildman–Crippen LogP) is 2.64. The molecule has 0 radical (unpaired) electrons. The Balaban J connectivity index is 0.00000171. The second kappa shape index (κ2) is 12.5. The minimum Gasteiger partial charge on any atom is -0.356 e. The van der Waals surface area contributed by atoms with Crippen LogP contribution in [0.3, 0.4) is 0 Å². The number of pyridine rings is 1. The van der Waals surface area contributed by atoms with Gasteiger partial charge in [0.05, 0.1) is 11.6 Å². The predicted molar refractivity (Wildman–Crippen MR) is 127 cm³/mol. The van der Waals surface area contributed by atoms with Crippen molar-refractivity contribution in [2.45, 2.75) is 51.0 Å². The summed E-state index contributed by atoms with van der Waals surface area (Å²) in [6.07, 6.45) is 9.36. The van der Waals surface area contributed by atoms with E-state index in [1.54, 1.807) is 6.20 Å². The summed E-state index contributed by atoms with van der Waals surface area (Å²) < 4.78 is 0. The van der Waals surface area contributed by atoms with Gasteiger partial charge in [0.2, 0.25) is 5.91 Å². The molecule has 4 heterocycles. The maximum Gasteiger partial charge on any atom is 0.257 e. The van der Waals surface area contributed by atoms with Crippen LogP contribution in [0.1, 0.15) is 55.3 Å². The first-order chi connectivity index (χ1) is 14.2. The van der Waals surface area contributed by atoms with Crippen molar-refractivity contribution < 1.29 is 9.59 Å². The molecule has 2 amide bonds. The number of hydrogen-bond donors (Lipinski definition) is 2. The van der Waals surface area contributed by atoms with E-state index in [2.05, 4.69) is 20.5 Å². The Kier molecular flexibility index (Phi) is 10.3. The summed E-state index contributed by atoms with van der Waals surface area (Å²) in [5.74, 6) is 1.32. The van der Waals surface area contributed by atoms with E-state index in [0.29, 0.717) is 24.6 Å². The van der Waals surface area contributed by atoms with Gasteiger partial charge in [-0.3, -0.25) is 9.59 Å². The van der Waals surface area contributed by atoms with Crippen molar-refractivity contribution in [3.8, 4) is 0 Å². The lowest BCUT2D eigenvalue weighted by Crippen LogP contribution is -2.47. The molecule has 3 fully saturated rings. The van der Waals surface area contributed by atoms with E-state index >= 15 is 0 Å². The number of aromatic nitrogens is 1. The van der Waals surface area contributed by atoms with Gasteiger partial charge in [-0.05, 0) is 69.5 Å². The third-order valence-corrected chi connectivity index (χ3v) is 6.42. The second-order valence-corrected chi connectivity index (χ2v) is 8.58. The molecule has 1 aromatic rings. The fourth-order valence-corrected chi connectivity index (χ4v) is 4.78. The highest BCUT2D eigenvalue weighted by molar-refractivity contribution is 5.99. The van der Waals surface area contributed by atoms with Gasteiger partial charge in [-0.25, -0.2) is 4.98 Å². The average molecular weight is 472 g/mol. The maximum absolute atomic E-state index is 13.3. The molecule has 3 aliphatic rings. The molecule has 2 unspecified atom stereocenters. The Labute approximate surface area is 197 Å². The number of halogens is 2. The third kappa shape index (κ3) is 6.46. The Morgan fingerprint density at radius 2 is 1.87 bits per heavy atom. The summed E-state index contributed by atoms with van der Waals surface area (Å²) in [5, 5.41) is 6.34. The van der Waals surface area contributed by atoms with E-state index in [4.69, 9.17) is 0 Å². The molecule has 174 valence electrons. The SMILES string of the molecule is Cl.Cl.O=C(NCC1CCCN(C(=O)c2cccnc2N2CCCCC2)C1)C1CCCN1. The summed E-state index contributed by atoms with van der Waals surface area (Å²) in [5.41, 5.74) is 0.717. The number of hydrogen-bond acceptors (Lipinski definition) is 5. The zero-order chi connectivity index (χ0) is 20.1. The minimum atomic E-state index is -0.0428. The fourth-order valence-electron chi connectivity index (χ4n) is 4.78.